The van der Waals surface area contributed by atoms with Crippen LogP contribution in [0.3, 0.4) is 0 Å². The number of hydrogen-bond acceptors (Lipinski definition) is 2. The Labute approximate surface area is 154 Å². The summed E-state index contributed by atoms with van der Waals surface area (Å²) in [6.45, 7) is 1.93. The van der Waals surface area contributed by atoms with Crippen molar-refractivity contribution in [2.45, 2.75) is 22.4 Å². The normalized spacial score (nSPS) is 14.0. The van der Waals surface area contributed by atoms with Crippen LogP contribution in [0.15, 0.2) is 89.8 Å². The average Bonchev–Trinajstić information content (AvgIpc) is 2.63. The van der Waals surface area contributed by atoms with Gasteiger partial charge in [-0.2, -0.15) is 0 Å². The molecule has 4 heteroatoms. The Bertz CT molecular complexity index is 921. The highest BCUT2D eigenvalue weighted by Crippen LogP contribution is 2.43. The second-order valence-electron chi connectivity index (χ2n) is 6.00. The van der Waals surface area contributed by atoms with Gasteiger partial charge in [-0.3, -0.25) is 0 Å². The van der Waals surface area contributed by atoms with Crippen molar-refractivity contribution in [1.29, 1.82) is 0 Å². The lowest BCUT2D eigenvalue weighted by Crippen LogP contribution is -2.18. The third-order valence-electron chi connectivity index (χ3n) is 4.20. The smallest absolute Gasteiger partial charge is 0.187 e. The van der Waals surface area contributed by atoms with Crippen LogP contribution in [0.25, 0.3) is 0 Å². The van der Waals surface area contributed by atoms with Crippen LogP contribution in [-0.4, -0.2) is 8.42 Å². The summed E-state index contributed by atoms with van der Waals surface area (Å²) in [5.74, 6) is 0. The van der Waals surface area contributed by atoms with Crippen LogP contribution in [0.5, 0.6) is 0 Å². The number of hydrogen-bond donors (Lipinski definition) is 0. The van der Waals surface area contributed by atoms with E-state index < -0.39 is 20.5 Å². The van der Waals surface area contributed by atoms with E-state index in [1.165, 1.54) is 0 Å². The molecule has 0 aliphatic carbocycles. The number of halogens is 1. The van der Waals surface area contributed by atoms with Gasteiger partial charge in [-0.1, -0.05) is 78.4 Å². The molecule has 0 unspecified atom stereocenters. The second kappa shape index (κ2) is 7.42. The van der Waals surface area contributed by atoms with Crippen LogP contribution in [-0.2, 0) is 9.84 Å². The topological polar surface area (TPSA) is 34.1 Å². The van der Waals surface area contributed by atoms with Gasteiger partial charge in [0.15, 0.2) is 9.84 Å². The van der Waals surface area contributed by atoms with Crippen molar-refractivity contribution < 1.29 is 8.42 Å². The first-order chi connectivity index (χ1) is 12.0. The molecule has 128 valence electrons. The summed E-state index contributed by atoms with van der Waals surface area (Å²) < 4.78 is 26.7. The first kappa shape index (κ1) is 17.7. The minimum Gasteiger partial charge on any atom is -0.223 e. The van der Waals surface area contributed by atoms with E-state index in [1.807, 2.05) is 67.6 Å². The van der Waals surface area contributed by atoms with Crippen LogP contribution in [0, 0.1) is 6.92 Å². The standard InChI is InChI=1S/C21H19ClO2S/c1-16-12-14-19(15-13-16)25(23,24)21(18-10-6-3-7-11-18)20(22)17-8-4-2-5-9-17/h2-15,20-21H,1H3/t20-,21+/m1/s1. The molecule has 2 atom stereocenters. The Morgan fingerprint density at radius 2 is 1.20 bits per heavy atom. The summed E-state index contributed by atoms with van der Waals surface area (Å²) in [7, 11) is -3.65. The van der Waals surface area contributed by atoms with Crippen molar-refractivity contribution in [2.75, 3.05) is 0 Å². The minimum absolute atomic E-state index is 0.286. The molecule has 0 aliphatic rings. The zero-order valence-corrected chi connectivity index (χ0v) is 15.4. The van der Waals surface area contributed by atoms with Crippen LogP contribution in [0.4, 0.5) is 0 Å². The maximum atomic E-state index is 13.4. The molecule has 0 saturated heterocycles. The maximum absolute atomic E-state index is 13.4. The highest BCUT2D eigenvalue weighted by atomic mass is 35.5. The second-order valence-corrected chi connectivity index (χ2v) is 8.54. The molecule has 25 heavy (non-hydrogen) atoms. The highest BCUT2D eigenvalue weighted by molar-refractivity contribution is 7.91. The number of alkyl halides is 1. The number of benzene rings is 3. The van der Waals surface area contributed by atoms with Crippen molar-refractivity contribution in [3.05, 3.63) is 102 Å². The molecular weight excluding hydrogens is 352 g/mol. The molecule has 0 aliphatic heterocycles. The Hall–Kier alpha value is -2.10. The van der Waals surface area contributed by atoms with E-state index in [0.29, 0.717) is 5.56 Å². The molecule has 0 amide bonds. The van der Waals surface area contributed by atoms with Gasteiger partial charge in [0.05, 0.1) is 10.3 Å². The van der Waals surface area contributed by atoms with E-state index in [4.69, 9.17) is 11.6 Å². The summed E-state index contributed by atoms with van der Waals surface area (Å²) in [5.41, 5.74) is 2.49. The third-order valence-corrected chi connectivity index (χ3v) is 6.99. The van der Waals surface area contributed by atoms with Crippen molar-refractivity contribution in [3.63, 3.8) is 0 Å². The fourth-order valence-corrected chi connectivity index (χ4v) is 5.33. The molecule has 3 aromatic carbocycles. The van der Waals surface area contributed by atoms with E-state index >= 15 is 0 Å². The summed E-state index contributed by atoms with van der Waals surface area (Å²) in [6.07, 6.45) is 0. The summed E-state index contributed by atoms with van der Waals surface area (Å²) in [5, 5.41) is -1.55. The Balaban J connectivity index is 2.13. The zero-order valence-electron chi connectivity index (χ0n) is 13.8. The van der Waals surface area contributed by atoms with Gasteiger partial charge in [0.1, 0.15) is 5.25 Å². The average molecular weight is 371 g/mol. The molecule has 0 N–H and O–H groups in total. The molecule has 3 aromatic rings. The summed E-state index contributed by atoms with van der Waals surface area (Å²) in [6, 6.07) is 25.4. The lowest BCUT2D eigenvalue weighted by Gasteiger charge is -2.23. The van der Waals surface area contributed by atoms with Gasteiger partial charge >= 0.3 is 0 Å². The molecule has 2 nitrogen and oxygen atoms in total. The fraction of sp³-hybridized carbons (Fsp3) is 0.143. The monoisotopic (exact) mass is 370 g/mol. The highest BCUT2D eigenvalue weighted by Gasteiger charge is 2.36. The van der Waals surface area contributed by atoms with Gasteiger partial charge in [0, 0.05) is 0 Å². The third kappa shape index (κ3) is 3.78. The van der Waals surface area contributed by atoms with Crippen LogP contribution < -0.4 is 0 Å². The molecule has 0 saturated carbocycles. The lowest BCUT2D eigenvalue weighted by atomic mass is 10.0. The largest absolute Gasteiger partial charge is 0.223 e. The van der Waals surface area contributed by atoms with Gasteiger partial charge in [-0.05, 0) is 30.2 Å². The Morgan fingerprint density at radius 3 is 1.72 bits per heavy atom. The van der Waals surface area contributed by atoms with Crippen LogP contribution in [0.2, 0.25) is 0 Å². The van der Waals surface area contributed by atoms with Gasteiger partial charge in [0.2, 0.25) is 0 Å². The molecular formula is C21H19ClO2S. The molecule has 3 rings (SSSR count). The molecule has 0 heterocycles. The van der Waals surface area contributed by atoms with E-state index in [9.17, 15) is 8.42 Å². The van der Waals surface area contributed by atoms with Crippen molar-refractivity contribution >= 4 is 21.4 Å². The van der Waals surface area contributed by atoms with Gasteiger partial charge < -0.3 is 0 Å². The maximum Gasteiger partial charge on any atom is 0.187 e. The van der Waals surface area contributed by atoms with Crippen LogP contribution >= 0.6 is 11.6 Å². The summed E-state index contributed by atoms with van der Waals surface area (Å²) >= 11 is 6.69. The van der Waals surface area contributed by atoms with E-state index in [1.54, 1.807) is 24.3 Å². The SMILES string of the molecule is Cc1ccc(S(=O)(=O)[C@@H](c2ccccc2)[C@H](Cl)c2ccccc2)cc1. The predicted molar refractivity (Wildman–Crippen MR) is 103 cm³/mol. The summed E-state index contributed by atoms with van der Waals surface area (Å²) in [4.78, 5) is 0.286. The van der Waals surface area contributed by atoms with Crippen molar-refractivity contribution in [1.82, 2.24) is 0 Å². The molecule has 0 spiro atoms. The van der Waals surface area contributed by atoms with Crippen molar-refractivity contribution in [3.8, 4) is 0 Å². The Morgan fingerprint density at radius 1 is 0.720 bits per heavy atom. The zero-order chi connectivity index (χ0) is 17.9. The molecule has 0 radical (unpaired) electrons. The first-order valence-electron chi connectivity index (χ1n) is 8.04. The minimum atomic E-state index is -3.65. The molecule has 0 bridgehead atoms. The van der Waals surface area contributed by atoms with Gasteiger partial charge in [-0.25, -0.2) is 8.42 Å². The quantitative estimate of drug-likeness (QED) is 0.556. The number of aryl methyl sites for hydroxylation is 1. The lowest BCUT2D eigenvalue weighted by molar-refractivity contribution is 0.579. The fourth-order valence-electron chi connectivity index (χ4n) is 2.83. The van der Waals surface area contributed by atoms with Crippen molar-refractivity contribution in [2.24, 2.45) is 0 Å². The van der Waals surface area contributed by atoms with Gasteiger partial charge in [-0.15, -0.1) is 11.6 Å². The van der Waals surface area contributed by atoms with Crippen LogP contribution in [0.1, 0.15) is 27.3 Å². The van der Waals surface area contributed by atoms with E-state index in [0.717, 1.165) is 11.1 Å². The Kier molecular flexibility index (Phi) is 5.26. The van der Waals surface area contributed by atoms with E-state index in [2.05, 4.69) is 0 Å². The van der Waals surface area contributed by atoms with E-state index in [-0.39, 0.29) is 4.90 Å². The number of sulfone groups is 1. The first-order valence-corrected chi connectivity index (χ1v) is 10.0. The molecule has 0 fully saturated rings. The molecule has 0 aromatic heterocycles. The predicted octanol–water partition coefficient (Wildman–Crippen LogP) is 5.49. The number of rotatable bonds is 5. The van der Waals surface area contributed by atoms with Gasteiger partial charge in [0.25, 0.3) is 0 Å².